The van der Waals surface area contributed by atoms with Crippen molar-refractivity contribution in [3.8, 4) is 11.5 Å². The molecule has 32 heavy (non-hydrogen) atoms. The molecule has 1 amide bonds. The topological polar surface area (TPSA) is 95.3 Å². The molecule has 0 radical (unpaired) electrons. The SMILES string of the molecule is COc1ccc(NC(=O)Cn2nnc3sc4c(c3c2=O)CC[C@H](C(C)(C)C)C4)c(OC)c1. The second-order valence-electron chi connectivity index (χ2n) is 9.16. The van der Waals surface area contributed by atoms with E-state index in [1.165, 1.54) is 12.0 Å². The van der Waals surface area contributed by atoms with Crippen LogP contribution in [0.4, 0.5) is 5.69 Å². The summed E-state index contributed by atoms with van der Waals surface area (Å²) in [6, 6.07) is 5.09. The summed E-state index contributed by atoms with van der Waals surface area (Å²) >= 11 is 1.56. The summed E-state index contributed by atoms with van der Waals surface area (Å²) in [6.07, 6.45) is 2.85. The largest absolute Gasteiger partial charge is 0.497 e. The molecule has 2 heterocycles. The summed E-state index contributed by atoms with van der Waals surface area (Å²) in [5.41, 5.74) is 1.52. The van der Waals surface area contributed by atoms with Crippen molar-refractivity contribution < 1.29 is 14.3 Å². The number of thiophene rings is 1. The number of benzene rings is 1. The zero-order chi connectivity index (χ0) is 23.0. The fourth-order valence-electron chi connectivity index (χ4n) is 4.20. The van der Waals surface area contributed by atoms with Gasteiger partial charge in [0.05, 0.1) is 25.3 Å². The van der Waals surface area contributed by atoms with Gasteiger partial charge in [-0.05, 0) is 48.3 Å². The van der Waals surface area contributed by atoms with Crippen molar-refractivity contribution in [1.29, 1.82) is 0 Å². The van der Waals surface area contributed by atoms with Gasteiger partial charge in [-0.2, -0.15) is 0 Å². The second-order valence-corrected chi connectivity index (χ2v) is 10.2. The third kappa shape index (κ3) is 4.21. The molecule has 9 heteroatoms. The maximum absolute atomic E-state index is 13.2. The molecule has 1 aromatic carbocycles. The molecule has 0 fully saturated rings. The quantitative estimate of drug-likeness (QED) is 0.630. The number of hydrogen-bond acceptors (Lipinski definition) is 7. The Morgan fingerprint density at radius 1 is 1.28 bits per heavy atom. The molecule has 0 aliphatic heterocycles. The van der Waals surface area contributed by atoms with E-state index in [1.54, 1.807) is 36.6 Å². The first-order chi connectivity index (χ1) is 15.2. The molecular formula is C23H28N4O4S. The lowest BCUT2D eigenvalue weighted by atomic mass is 9.72. The fourth-order valence-corrected chi connectivity index (χ4v) is 5.43. The average molecular weight is 457 g/mol. The normalized spacial score (nSPS) is 16.0. The summed E-state index contributed by atoms with van der Waals surface area (Å²) in [5.74, 6) is 1.26. The summed E-state index contributed by atoms with van der Waals surface area (Å²) in [4.78, 5) is 27.7. The Bertz CT molecular complexity index is 1230. The van der Waals surface area contributed by atoms with E-state index in [1.807, 2.05) is 0 Å². The Hall–Kier alpha value is -2.94. The number of carbonyl (C=O) groups excluding carboxylic acids is 1. The highest BCUT2D eigenvalue weighted by Crippen LogP contribution is 2.41. The van der Waals surface area contributed by atoms with Crippen LogP contribution in [0.1, 0.15) is 37.6 Å². The van der Waals surface area contributed by atoms with Crippen molar-refractivity contribution in [3.05, 3.63) is 39.0 Å². The Morgan fingerprint density at radius 3 is 2.75 bits per heavy atom. The number of anilines is 1. The van der Waals surface area contributed by atoms with Gasteiger partial charge in [0, 0.05) is 10.9 Å². The number of ether oxygens (including phenoxy) is 2. The van der Waals surface area contributed by atoms with Crippen LogP contribution in [0, 0.1) is 11.3 Å². The van der Waals surface area contributed by atoms with Crippen LogP contribution in [-0.2, 0) is 24.2 Å². The van der Waals surface area contributed by atoms with E-state index in [0.717, 1.165) is 29.5 Å². The smallest absolute Gasteiger partial charge is 0.279 e. The van der Waals surface area contributed by atoms with E-state index in [4.69, 9.17) is 9.47 Å². The molecule has 3 aromatic rings. The molecule has 1 atom stereocenters. The number of fused-ring (bicyclic) bond motifs is 3. The number of rotatable bonds is 5. The third-order valence-electron chi connectivity index (χ3n) is 6.14. The first-order valence-electron chi connectivity index (χ1n) is 10.6. The van der Waals surface area contributed by atoms with Gasteiger partial charge in [-0.3, -0.25) is 9.59 Å². The number of nitrogens with zero attached hydrogens (tertiary/aromatic N) is 3. The number of amides is 1. The van der Waals surface area contributed by atoms with Gasteiger partial charge in [0.2, 0.25) is 5.91 Å². The summed E-state index contributed by atoms with van der Waals surface area (Å²) < 4.78 is 11.6. The van der Waals surface area contributed by atoms with E-state index in [2.05, 4.69) is 36.4 Å². The van der Waals surface area contributed by atoms with Crippen molar-refractivity contribution in [2.24, 2.45) is 11.3 Å². The van der Waals surface area contributed by atoms with Crippen LogP contribution in [0.25, 0.3) is 10.2 Å². The fraction of sp³-hybridized carbons (Fsp3) is 0.478. The van der Waals surface area contributed by atoms with E-state index >= 15 is 0 Å². The first kappa shape index (κ1) is 22.3. The van der Waals surface area contributed by atoms with E-state index < -0.39 is 0 Å². The monoisotopic (exact) mass is 456 g/mol. The number of nitrogens with one attached hydrogen (secondary N) is 1. The standard InChI is InChI=1S/C23H28N4O4S/c1-23(2,3)13-6-8-15-18(10-13)32-21-20(15)22(29)27(26-25-21)12-19(28)24-16-9-7-14(30-4)11-17(16)31-5/h7,9,11,13H,6,8,10,12H2,1-5H3,(H,24,28)/t13-/m0/s1. The van der Waals surface area contributed by atoms with E-state index in [-0.39, 0.29) is 23.4 Å². The zero-order valence-corrected chi connectivity index (χ0v) is 19.8. The number of hydrogen-bond donors (Lipinski definition) is 1. The van der Waals surface area contributed by atoms with Gasteiger partial charge >= 0.3 is 0 Å². The Labute approximate surface area is 190 Å². The van der Waals surface area contributed by atoms with Crippen LogP contribution in [0.15, 0.2) is 23.0 Å². The molecule has 1 aliphatic rings. The first-order valence-corrected chi connectivity index (χ1v) is 11.4. The molecule has 4 rings (SSSR count). The van der Waals surface area contributed by atoms with Crippen molar-refractivity contribution in [3.63, 3.8) is 0 Å². The van der Waals surface area contributed by atoms with Gasteiger partial charge in [0.15, 0.2) is 4.83 Å². The molecule has 1 aliphatic carbocycles. The van der Waals surface area contributed by atoms with Crippen molar-refractivity contribution in [2.75, 3.05) is 19.5 Å². The van der Waals surface area contributed by atoms with Gasteiger partial charge in [-0.25, -0.2) is 4.68 Å². The summed E-state index contributed by atoms with van der Waals surface area (Å²) in [6.45, 7) is 6.56. The van der Waals surface area contributed by atoms with Crippen LogP contribution in [0.3, 0.4) is 0 Å². The maximum Gasteiger partial charge on any atom is 0.279 e. The van der Waals surface area contributed by atoms with Crippen LogP contribution >= 0.6 is 11.3 Å². The highest BCUT2D eigenvalue weighted by molar-refractivity contribution is 7.18. The molecule has 0 unspecified atom stereocenters. The molecule has 0 saturated carbocycles. The highest BCUT2D eigenvalue weighted by atomic mass is 32.1. The molecule has 8 nitrogen and oxygen atoms in total. The molecule has 2 aromatic heterocycles. The molecular weight excluding hydrogens is 428 g/mol. The number of aryl methyl sites for hydroxylation is 1. The molecule has 0 saturated heterocycles. The highest BCUT2D eigenvalue weighted by Gasteiger charge is 2.32. The van der Waals surface area contributed by atoms with Crippen molar-refractivity contribution in [1.82, 2.24) is 15.0 Å². The molecule has 170 valence electrons. The minimum absolute atomic E-state index is 0.223. The predicted octanol–water partition coefficient (Wildman–Crippen LogP) is 3.66. The van der Waals surface area contributed by atoms with Gasteiger partial charge in [-0.15, -0.1) is 16.4 Å². The van der Waals surface area contributed by atoms with Gasteiger partial charge < -0.3 is 14.8 Å². The van der Waals surface area contributed by atoms with Gasteiger partial charge in [0.25, 0.3) is 5.56 Å². The Kier molecular flexibility index (Phi) is 5.94. The minimum Gasteiger partial charge on any atom is -0.497 e. The van der Waals surface area contributed by atoms with Crippen LogP contribution < -0.4 is 20.3 Å². The Morgan fingerprint density at radius 2 is 2.06 bits per heavy atom. The second kappa shape index (κ2) is 8.54. The average Bonchev–Trinajstić information content (AvgIpc) is 3.14. The minimum atomic E-state index is -0.388. The van der Waals surface area contributed by atoms with Crippen molar-refractivity contribution >= 4 is 33.1 Å². The maximum atomic E-state index is 13.2. The molecule has 1 N–H and O–H groups in total. The summed E-state index contributed by atoms with van der Waals surface area (Å²) in [5, 5.41) is 11.7. The third-order valence-corrected chi connectivity index (χ3v) is 7.28. The predicted molar refractivity (Wildman–Crippen MR) is 125 cm³/mol. The molecule has 0 bridgehead atoms. The lowest BCUT2D eigenvalue weighted by molar-refractivity contribution is -0.117. The van der Waals surface area contributed by atoms with E-state index in [9.17, 15) is 9.59 Å². The Balaban J connectivity index is 1.58. The summed E-state index contributed by atoms with van der Waals surface area (Å²) in [7, 11) is 3.07. The van der Waals surface area contributed by atoms with Gasteiger partial charge in [0.1, 0.15) is 18.0 Å². The lowest BCUT2D eigenvalue weighted by Gasteiger charge is -2.33. The van der Waals surface area contributed by atoms with E-state index in [0.29, 0.717) is 33.3 Å². The number of carbonyl (C=O) groups is 1. The number of aromatic nitrogens is 3. The molecule has 0 spiro atoms. The zero-order valence-electron chi connectivity index (χ0n) is 19.0. The van der Waals surface area contributed by atoms with Crippen molar-refractivity contribution in [2.45, 2.75) is 46.6 Å². The van der Waals surface area contributed by atoms with Gasteiger partial charge in [-0.1, -0.05) is 26.0 Å². The van der Waals surface area contributed by atoms with Crippen LogP contribution in [-0.4, -0.2) is 35.1 Å². The van der Waals surface area contributed by atoms with Crippen LogP contribution in [0.2, 0.25) is 0 Å². The number of methoxy groups -OCH3 is 2. The lowest BCUT2D eigenvalue weighted by Crippen LogP contribution is -2.31. The van der Waals surface area contributed by atoms with Crippen LogP contribution in [0.5, 0.6) is 11.5 Å².